The lowest BCUT2D eigenvalue weighted by molar-refractivity contribution is -0.137. The smallest absolute Gasteiger partial charge is 0.286 e. The lowest BCUT2D eigenvalue weighted by Gasteiger charge is -2.30. The average Bonchev–Trinajstić information content (AvgIpc) is 3.12. The molecule has 1 saturated heterocycles. The van der Waals surface area contributed by atoms with Crippen LogP contribution >= 0.6 is 0 Å². The number of aromatic nitrogens is 3. The van der Waals surface area contributed by atoms with Gasteiger partial charge in [-0.1, -0.05) is 6.07 Å². The molecular formula is C18H17F3N4O2S. The molecule has 0 amide bonds. The van der Waals surface area contributed by atoms with Crippen LogP contribution in [0, 0.1) is 0 Å². The number of sulfonamides is 1. The van der Waals surface area contributed by atoms with Gasteiger partial charge in [0.05, 0.1) is 10.5 Å². The van der Waals surface area contributed by atoms with E-state index >= 15 is 0 Å². The van der Waals surface area contributed by atoms with Crippen LogP contribution in [0.25, 0.3) is 5.65 Å². The van der Waals surface area contributed by atoms with Crippen LogP contribution in [0.1, 0.15) is 30.1 Å². The number of rotatable bonds is 3. The third-order valence-corrected chi connectivity index (χ3v) is 6.89. The van der Waals surface area contributed by atoms with Crippen molar-refractivity contribution in [3.63, 3.8) is 0 Å². The second-order valence-corrected chi connectivity index (χ2v) is 8.63. The van der Waals surface area contributed by atoms with E-state index in [1.54, 1.807) is 0 Å². The Labute approximate surface area is 159 Å². The van der Waals surface area contributed by atoms with Crippen molar-refractivity contribution in [2.24, 2.45) is 0 Å². The van der Waals surface area contributed by atoms with Gasteiger partial charge >= 0.3 is 6.18 Å². The van der Waals surface area contributed by atoms with Gasteiger partial charge in [0.15, 0.2) is 5.65 Å². The first-order valence-electron chi connectivity index (χ1n) is 8.74. The summed E-state index contributed by atoms with van der Waals surface area (Å²) in [7, 11) is -3.84. The van der Waals surface area contributed by atoms with E-state index in [4.69, 9.17) is 0 Å². The summed E-state index contributed by atoms with van der Waals surface area (Å²) >= 11 is 0. The summed E-state index contributed by atoms with van der Waals surface area (Å²) < 4.78 is 66.8. The summed E-state index contributed by atoms with van der Waals surface area (Å²) in [4.78, 5) is -0.133. The standard InChI is InChI=1S/C18H17F3N4O2S/c19-18(20,21)14-4-6-15(7-5-14)28(26,27)24-11-8-13(9-12-24)17-23-22-16-3-1-2-10-25(16)17/h1-7,10,13H,8-9,11-12H2. The second kappa shape index (κ2) is 6.85. The number of nitrogens with zero attached hydrogens (tertiary/aromatic N) is 4. The van der Waals surface area contributed by atoms with Crippen molar-refractivity contribution in [3.05, 3.63) is 60.0 Å². The van der Waals surface area contributed by atoms with Gasteiger partial charge in [0.2, 0.25) is 10.0 Å². The van der Waals surface area contributed by atoms with Gasteiger partial charge < -0.3 is 0 Å². The van der Waals surface area contributed by atoms with Crippen LogP contribution in [0.4, 0.5) is 13.2 Å². The number of halogens is 3. The highest BCUT2D eigenvalue weighted by Gasteiger charge is 2.33. The number of hydrogen-bond acceptors (Lipinski definition) is 4. The number of fused-ring (bicyclic) bond motifs is 1. The van der Waals surface area contributed by atoms with Crippen molar-refractivity contribution < 1.29 is 21.6 Å². The molecule has 10 heteroatoms. The Morgan fingerprint density at radius 3 is 2.29 bits per heavy atom. The average molecular weight is 410 g/mol. The van der Waals surface area contributed by atoms with E-state index < -0.39 is 21.8 Å². The SMILES string of the molecule is O=S(=O)(c1ccc(C(F)(F)F)cc1)N1CCC(c2nnc3ccccn23)CC1. The Balaban J connectivity index is 1.49. The molecule has 0 spiro atoms. The van der Waals surface area contributed by atoms with Crippen molar-refractivity contribution in [2.75, 3.05) is 13.1 Å². The van der Waals surface area contributed by atoms with Crippen LogP contribution in [-0.2, 0) is 16.2 Å². The molecular weight excluding hydrogens is 393 g/mol. The molecule has 148 valence electrons. The second-order valence-electron chi connectivity index (χ2n) is 6.69. The zero-order valence-corrected chi connectivity index (χ0v) is 15.5. The first-order valence-corrected chi connectivity index (χ1v) is 10.2. The lowest BCUT2D eigenvalue weighted by Crippen LogP contribution is -2.38. The summed E-state index contributed by atoms with van der Waals surface area (Å²) in [6.07, 6.45) is -1.50. The number of benzene rings is 1. The molecule has 0 saturated carbocycles. The number of pyridine rings is 1. The van der Waals surface area contributed by atoms with Gasteiger partial charge in [0.1, 0.15) is 5.82 Å². The molecule has 0 atom stereocenters. The molecule has 1 fully saturated rings. The van der Waals surface area contributed by atoms with Crippen LogP contribution < -0.4 is 0 Å². The predicted octanol–water partition coefficient (Wildman–Crippen LogP) is 3.32. The maximum atomic E-state index is 12.8. The fourth-order valence-corrected chi connectivity index (χ4v) is 4.93. The molecule has 0 aliphatic carbocycles. The highest BCUT2D eigenvalue weighted by Crippen LogP contribution is 2.32. The predicted molar refractivity (Wildman–Crippen MR) is 95.2 cm³/mol. The quantitative estimate of drug-likeness (QED) is 0.664. The number of piperidine rings is 1. The zero-order valence-electron chi connectivity index (χ0n) is 14.7. The Kier molecular flexibility index (Phi) is 4.62. The maximum absolute atomic E-state index is 12.8. The van der Waals surface area contributed by atoms with Crippen molar-refractivity contribution in [3.8, 4) is 0 Å². The first kappa shape index (κ1) is 18.9. The van der Waals surface area contributed by atoms with E-state index in [1.165, 1.54) is 4.31 Å². The van der Waals surface area contributed by atoms with Gasteiger partial charge in [-0.25, -0.2) is 8.42 Å². The van der Waals surface area contributed by atoms with Crippen molar-refractivity contribution in [1.29, 1.82) is 0 Å². The van der Waals surface area contributed by atoms with Crippen LogP contribution in [-0.4, -0.2) is 40.4 Å². The minimum atomic E-state index is -4.50. The van der Waals surface area contributed by atoms with Gasteiger partial charge in [0.25, 0.3) is 0 Å². The van der Waals surface area contributed by atoms with Crippen LogP contribution in [0.5, 0.6) is 0 Å². The monoisotopic (exact) mass is 410 g/mol. The van der Waals surface area contributed by atoms with E-state index in [2.05, 4.69) is 10.2 Å². The highest BCUT2D eigenvalue weighted by atomic mass is 32.2. The van der Waals surface area contributed by atoms with E-state index in [0.29, 0.717) is 12.8 Å². The van der Waals surface area contributed by atoms with E-state index in [9.17, 15) is 21.6 Å². The topological polar surface area (TPSA) is 67.6 Å². The first-order chi connectivity index (χ1) is 13.3. The molecule has 4 rings (SSSR count). The molecule has 0 radical (unpaired) electrons. The summed E-state index contributed by atoms with van der Waals surface area (Å²) in [5, 5.41) is 8.36. The van der Waals surface area contributed by atoms with E-state index in [1.807, 2.05) is 28.8 Å². The van der Waals surface area contributed by atoms with Gasteiger partial charge in [-0.05, 0) is 49.2 Å². The van der Waals surface area contributed by atoms with E-state index in [-0.39, 0.29) is 23.9 Å². The number of alkyl halides is 3. The molecule has 3 heterocycles. The van der Waals surface area contributed by atoms with Crippen LogP contribution in [0.15, 0.2) is 53.6 Å². The van der Waals surface area contributed by atoms with Crippen LogP contribution in [0.3, 0.4) is 0 Å². The maximum Gasteiger partial charge on any atom is 0.416 e. The Morgan fingerprint density at radius 2 is 1.64 bits per heavy atom. The summed E-state index contributed by atoms with van der Waals surface area (Å²) in [5.41, 5.74) is -0.138. The normalized spacial score (nSPS) is 17.2. The molecule has 0 unspecified atom stereocenters. The van der Waals surface area contributed by atoms with Crippen molar-refractivity contribution in [2.45, 2.75) is 29.8 Å². The van der Waals surface area contributed by atoms with Crippen LogP contribution in [0.2, 0.25) is 0 Å². The lowest BCUT2D eigenvalue weighted by atomic mass is 9.97. The molecule has 28 heavy (non-hydrogen) atoms. The summed E-state index contributed by atoms with van der Waals surface area (Å²) in [5.74, 6) is 0.860. The van der Waals surface area contributed by atoms with Gasteiger partial charge in [-0.2, -0.15) is 17.5 Å². The summed E-state index contributed by atoms with van der Waals surface area (Å²) in [6, 6.07) is 9.20. The fraction of sp³-hybridized carbons (Fsp3) is 0.333. The Bertz CT molecular complexity index is 1090. The molecule has 0 N–H and O–H groups in total. The Hall–Kier alpha value is -2.46. The third-order valence-electron chi connectivity index (χ3n) is 4.98. The molecule has 3 aromatic rings. The molecule has 0 bridgehead atoms. The minimum Gasteiger partial charge on any atom is -0.286 e. The van der Waals surface area contributed by atoms with Crippen molar-refractivity contribution >= 4 is 15.7 Å². The van der Waals surface area contributed by atoms with Gasteiger partial charge in [-0.15, -0.1) is 10.2 Å². The van der Waals surface area contributed by atoms with Gasteiger partial charge in [0, 0.05) is 25.2 Å². The molecule has 1 aromatic carbocycles. The summed E-state index contributed by atoms with van der Waals surface area (Å²) in [6.45, 7) is 0.547. The molecule has 1 aliphatic rings. The largest absolute Gasteiger partial charge is 0.416 e. The number of hydrogen-bond donors (Lipinski definition) is 0. The third kappa shape index (κ3) is 3.37. The molecule has 1 aliphatic heterocycles. The van der Waals surface area contributed by atoms with E-state index in [0.717, 1.165) is 35.7 Å². The minimum absolute atomic E-state index is 0.0662. The fourth-order valence-electron chi connectivity index (χ4n) is 3.46. The van der Waals surface area contributed by atoms with Gasteiger partial charge in [-0.3, -0.25) is 4.40 Å². The highest BCUT2D eigenvalue weighted by molar-refractivity contribution is 7.89. The molecule has 2 aromatic heterocycles. The molecule has 6 nitrogen and oxygen atoms in total. The van der Waals surface area contributed by atoms with Crippen molar-refractivity contribution in [1.82, 2.24) is 18.9 Å². The zero-order chi connectivity index (χ0) is 19.9. The Morgan fingerprint density at radius 1 is 0.964 bits per heavy atom.